The summed E-state index contributed by atoms with van der Waals surface area (Å²) in [7, 11) is 0. The van der Waals surface area contributed by atoms with E-state index in [-0.39, 0.29) is 11.1 Å². The smallest absolute Gasteiger partial charge is 0.269 e. The van der Waals surface area contributed by atoms with Gasteiger partial charge < -0.3 is 10.5 Å². The second kappa shape index (κ2) is 7.45. The maximum atomic E-state index is 11.0. The third-order valence-electron chi connectivity index (χ3n) is 3.85. The van der Waals surface area contributed by atoms with E-state index >= 15 is 0 Å². The summed E-state index contributed by atoms with van der Waals surface area (Å²) >= 11 is 0. The fourth-order valence-electron chi connectivity index (χ4n) is 2.42. The Morgan fingerprint density at radius 3 is 2.33 bits per heavy atom. The van der Waals surface area contributed by atoms with Gasteiger partial charge >= 0.3 is 0 Å². The Balaban J connectivity index is 2.26. The number of hydrogen-bond acceptors (Lipinski definition) is 4. The van der Waals surface area contributed by atoms with Gasteiger partial charge in [0.05, 0.1) is 4.92 Å². The molecule has 0 fully saturated rings. The summed E-state index contributed by atoms with van der Waals surface area (Å²) in [4.78, 5) is 10.6. The zero-order chi connectivity index (χ0) is 17.7. The van der Waals surface area contributed by atoms with Gasteiger partial charge in [0.1, 0.15) is 11.5 Å². The minimum Gasteiger partial charge on any atom is -0.457 e. The van der Waals surface area contributed by atoms with Crippen LogP contribution in [0.4, 0.5) is 5.69 Å². The van der Waals surface area contributed by atoms with Gasteiger partial charge in [-0.2, -0.15) is 0 Å². The summed E-state index contributed by atoms with van der Waals surface area (Å²) in [6, 6.07) is 12.6. The molecule has 2 rings (SSSR count). The number of non-ortho nitro benzene ring substituents is 1. The number of ether oxygens (including phenoxy) is 1. The maximum Gasteiger partial charge on any atom is 0.269 e. The molecule has 2 aromatic rings. The SMILES string of the molecule is CC(C)(C)c1ccc(Oc2ccc([N+](=O)[O-])cc2CCCN)cc1. The molecule has 0 atom stereocenters. The molecule has 0 saturated carbocycles. The third kappa shape index (κ3) is 4.55. The van der Waals surface area contributed by atoms with Crippen LogP contribution in [0.15, 0.2) is 42.5 Å². The fourth-order valence-corrected chi connectivity index (χ4v) is 2.42. The first kappa shape index (κ1) is 17.9. The number of aryl methyl sites for hydroxylation is 1. The molecule has 5 heteroatoms. The summed E-state index contributed by atoms with van der Waals surface area (Å²) in [5.74, 6) is 1.35. The average molecular weight is 328 g/mol. The summed E-state index contributed by atoms with van der Waals surface area (Å²) in [6.07, 6.45) is 1.40. The second-order valence-corrected chi connectivity index (χ2v) is 6.82. The predicted octanol–water partition coefficient (Wildman–Crippen LogP) is 4.58. The Kier molecular flexibility index (Phi) is 5.57. The summed E-state index contributed by atoms with van der Waals surface area (Å²) in [6.45, 7) is 7.00. The van der Waals surface area contributed by atoms with Gasteiger partial charge in [-0.05, 0) is 48.6 Å². The Bertz CT molecular complexity index is 704. The van der Waals surface area contributed by atoms with Crippen molar-refractivity contribution in [2.24, 2.45) is 5.73 Å². The average Bonchev–Trinajstić information content (AvgIpc) is 2.53. The van der Waals surface area contributed by atoms with Crippen LogP contribution in [0.2, 0.25) is 0 Å². The maximum absolute atomic E-state index is 11.0. The van der Waals surface area contributed by atoms with Gasteiger partial charge in [-0.15, -0.1) is 0 Å². The largest absolute Gasteiger partial charge is 0.457 e. The Morgan fingerprint density at radius 2 is 1.79 bits per heavy atom. The lowest BCUT2D eigenvalue weighted by atomic mass is 9.87. The normalized spacial score (nSPS) is 11.3. The highest BCUT2D eigenvalue weighted by Gasteiger charge is 2.15. The minimum absolute atomic E-state index is 0.0671. The van der Waals surface area contributed by atoms with E-state index in [0.29, 0.717) is 24.5 Å². The molecule has 0 unspecified atom stereocenters. The standard InChI is InChI=1S/C19H24N2O3/c1-19(2,3)15-6-9-17(10-7-15)24-18-11-8-16(21(22)23)13-14(18)5-4-12-20/h6-11,13H,4-5,12,20H2,1-3H3. The molecule has 0 aliphatic rings. The van der Waals surface area contributed by atoms with Gasteiger partial charge in [-0.3, -0.25) is 10.1 Å². The molecule has 5 nitrogen and oxygen atoms in total. The first-order valence-electron chi connectivity index (χ1n) is 8.07. The van der Waals surface area contributed by atoms with E-state index < -0.39 is 4.92 Å². The number of benzene rings is 2. The number of nitrogens with zero attached hydrogens (tertiary/aromatic N) is 1. The van der Waals surface area contributed by atoms with Gasteiger partial charge in [0, 0.05) is 17.7 Å². The molecular weight excluding hydrogens is 304 g/mol. The molecule has 0 amide bonds. The van der Waals surface area contributed by atoms with Crippen molar-refractivity contribution in [1.29, 1.82) is 0 Å². The molecule has 0 spiro atoms. The van der Waals surface area contributed by atoms with E-state index in [1.165, 1.54) is 11.6 Å². The zero-order valence-electron chi connectivity index (χ0n) is 14.4. The predicted molar refractivity (Wildman–Crippen MR) is 95.7 cm³/mol. The lowest BCUT2D eigenvalue weighted by Crippen LogP contribution is -2.10. The Morgan fingerprint density at radius 1 is 1.12 bits per heavy atom. The van der Waals surface area contributed by atoms with Crippen molar-refractivity contribution in [1.82, 2.24) is 0 Å². The van der Waals surface area contributed by atoms with Crippen LogP contribution in [-0.4, -0.2) is 11.5 Å². The van der Waals surface area contributed by atoms with E-state index in [4.69, 9.17) is 10.5 Å². The zero-order valence-corrected chi connectivity index (χ0v) is 14.4. The third-order valence-corrected chi connectivity index (χ3v) is 3.85. The second-order valence-electron chi connectivity index (χ2n) is 6.82. The molecule has 0 saturated heterocycles. The van der Waals surface area contributed by atoms with Crippen LogP contribution in [0.5, 0.6) is 11.5 Å². The lowest BCUT2D eigenvalue weighted by Gasteiger charge is -2.19. The first-order chi connectivity index (χ1) is 11.3. The molecule has 2 aromatic carbocycles. The van der Waals surface area contributed by atoms with E-state index in [1.807, 2.05) is 24.3 Å². The van der Waals surface area contributed by atoms with E-state index in [9.17, 15) is 10.1 Å². The Hall–Kier alpha value is -2.40. The van der Waals surface area contributed by atoms with E-state index in [2.05, 4.69) is 20.8 Å². The van der Waals surface area contributed by atoms with Crippen LogP contribution in [0.1, 0.15) is 38.3 Å². The molecule has 2 N–H and O–H groups in total. The van der Waals surface area contributed by atoms with Crippen molar-refractivity contribution in [3.63, 3.8) is 0 Å². The molecule has 0 heterocycles. The van der Waals surface area contributed by atoms with Gasteiger partial charge in [-0.1, -0.05) is 32.9 Å². The van der Waals surface area contributed by atoms with E-state index in [1.54, 1.807) is 12.1 Å². The summed E-state index contributed by atoms with van der Waals surface area (Å²) in [5.41, 5.74) is 7.73. The number of rotatable bonds is 6. The summed E-state index contributed by atoms with van der Waals surface area (Å²) in [5, 5.41) is 11.0. The van der Waals surface area contributed by atoms with E-state index in [0.717, 1.165) is 12.0 Å². The van der Waals surface area contributed by atoms with Crippen molar-refractivity contribution >= 4 is 5.69 Å². The number of nitrogens with two attached hydrogens (primary N) is 1. The van der Waals surface area contributed by atoms with Crippen LogP contribution in [0, 0.1) is 10.1 Å². The summed E-state index contributed by atoms with van der Waals surface area (Å²) < 4.78 is 5.95. The van der Waals surface area contributed by atoms with Gasteiger partial charge in [0.15, 0.2) is 0 Å². The van der Waals surface area contributed by atoms with Crippen molar-refractivity contribution in [2.45, 2.75) is 39.0 Å². The quantitative estimate of drug-likeness (QED) is 0.622. The van der Waals surface area contributed by atoms with Crippen LogP contribution >= 0.6 is 0 Å². The highest BCUT2D eigenvalue weighted by molar-refractivity contribution is 5.46. The first-order valence-corrected chi connectivity index (χ1v) is 8.07. The number of nitro benzene ring substituents is 1. The van der Waals surface area contributed by atoms with Crippen LogP contribution in [-0.2, 0) is 11.8 Å². The number of hydrogen-bond donors (Lipinski definition) is 1. The molecule has 0 aromatic heterocycles. The van der Waals surface area contributed by atoms with Gasteiger partial charge in [-0.25, -0.2) is 0 Å². The molecule has 24 heavy (non-hydrogen) atoms. The van der Waals surface area contributed by atoms with Crippen molar-refractivity contribution in [3.8, 4) is 11.5 Å². The molecule has 0 bridgehead atoms. The molecule has 0 radical (unpaired) electrons. The molecular formula is C19H24N2O3. The van der Waals surface area contributed by atoms with Crippen molar-refractivity contribution in [3.05, 3.63) is 63.7 Å². The number of nitro groups is 1. The van der Waals surface area contributed by atoms with Crippen molar-refractivity contribution < 1.29 is 9.66 Å². The Labute approximate surface area is 142 Å². The van der Waals surface area contributed by atoms with Crippen LogP contribution in [0.25, 0.3) is 0 Å². The molecule has 0 aliphatic heterocycles. The van der Waals surface area contributed by atoms with Gasteiger partial charge in [0.2, 0.25) is 0 Å². The minimum atomic E-state index is -0.395. The molecule has 128 valence electrons. The van der Waals surface area contributed by atoms with Crippen LogP contribution < -0.4 is 10.5 Å². The fraction of sp³-hybridized carbons (Fsp3) is 0.368. The lowest BCUT2D eigenvalue weighted by molar-refractivity contribution is -0.384. The van der Waals surface area contributed by atoms with Crippen LogP contribution in [0.3, 0.4) is 0 Å². The highest BCUT2D eigenvalue weighted by Crippen LogP contribution is 2.31. The highest BCUT2D eigenvalue weighted by atomic mass is 16.6. The van der Waals surface area contributed by atoms with Crippen molar-refractivity contribution in [2.75, 3.05) is 6.54 Å². The topological polar surface area (TPSA) is 78.4 Å². The monoisotopic (exact) mass is 328 g/mol. The van der Waals surface area contributed by atoms with Gasteiger partial charge in [0.25, 0.3) is 5.69 Å². The molecule has 0 aliphatic carbocycles.